The highest BCUT2D eigenvalue weighted by molar-refractivity contribution is 6.15. The van der Waals surface area contributed by atoms with Crippen molar-refractivity contribution in [1.29, 1.82) is 0 Å². The summed E-state index contributed by atoms with van der Waals surface area (Å²) >= 11 is 0. The maximum Gasteiger partial charge on any atom is 0.185 e. The Kier molecular flexibility index (Phi) is 16.9. The van der Waals surface area contributed by atoms with Crippen molar-refractivity contribution in [2.45, 2.75) is 20.8 Å². The van der Waals surface area contributed by atoms with E-state index >= 15 is 0 Å². The van der Waals surface area contributed by atoms with E-state index in [0.29, 0.717) is 16.7 Å². The second-order valence-electron chi connectivity index (χ2n) is 13.1. The quantitative estimate of drug-likeness (QED) is 0.0650. The summed E-state index contributed by atoms with van der Waals surface area (Å²) in [6.07, 6.45) is 10.3. The molecule has 0 spiro atoms. The van der Waals surface area contributed by atoms with Gasteiger partial charge >= 0.3 is 0 Å². The van der Waals surface area contributed by atoms with Crippen LogP contribution in [0.5, 0.6) is 0 Å². The topological polar surface area (TPSA) is 119 Å². The number of carbonyl (C=O) groups is 7. The molecule has 0 saturated carbocycles. The second-order valence-corrected chi connectivity index (χ2v) is 13.1. The van der Waals surface area contributed by atoms with Crippen LogP contribution in [0.3, 0.4) is 0 Å². The summed E-state index contributed by atoms with van der Waals surface area (Å²) in [4.78, 5) is 82.5. The standard InChI is InChI=1S/C33H24O3.C12H12O3.C7H6O/c34-31(19-16-25-10-4-1-5-11-25)28-22-29(32(35)20-17-26-12-6-2-7-13-26)24-30(23-28)33(36)21-18-27-14-8-3-9-15-27;1-7(13)10-4-11(8(2)14)6-12(5-10)9(3)15;8-6-7-4-2-1-3-5-7/h1-24H;4-6H,1-3H3;1-6H/b19-16+,20-17+,21-18+;;. The summed E-state index contributed by atoms with van der Waals surface area (Å²) < 4.78 is 0. The van der Waals surface area contributed by atoms with Crippen LogP contribution in [0, 0.1) is 0 Å². The van der Waals surface area contributed by atoms with Gasteiger partial charge in [-0.1, -0.05) is 140 Å². The largest absolute Gasteiger partial charge is 0.298 e. The smallest absolute Gasteiger partial charge is 0.185 e. The number of carbonyl (C=O) groups excluding carboxylic acids is 7. The number of hydrogen-bond donors (Lipinski definition) is 0. The molecule has 0 aliphatic rings. The lowest BCUT2D eigenvalue weighted by molar-refractivity contribution is 0.100. The Morgan fingerprint density at radius 3 is 0.746 bits per heavy atom. The van der Waals surface area contributed by atoms with Crippen molar-refractivity contribution in [2.75, 3.05) is 0 Å². The van der Waals surface area contributed by atoms with Crippen molar-refractivity contribution in [3.8, 4) is 0 Å². The van der Waals surface area contributed by atoms with Gasteiger partial charge in [0.15, 0.2) is 34.7 Å². The Labute approximate surface area is 344 Å². The lowest BCUT2D eigenvalue weighted by atomic mass is 9.97. The van der Waals surface area contributed by atoms with Crippen molar-refractivity contribution in [3.63, 3.8) is 0 Å². The number of rotatable bonds is 13. The first-order valence-electron chi connectivity index (χ1n) is 18.6. The summed E-state index contributed by atoms with van der Waals surface area (Å²) in [5.41, 5.74) is 5.39. The van der Waals surface area contributed by atoms with Crippen molar-refractivity contribution in [2.24, 2.45) is 0 Å². The highest BCUT2D eigenvalue weighted by Gasteiger charge is 2.14. The molecular weight excluding hydrogens is 737 g/mol. The van der Waals surface area contributed by atoms with Gasteiger partial charge in [-0.25, -0.2) is 0 Å². The van der Waals surface area contributed by atoms with Gasteiger partial charge in [-0.05, 0) is 92.1 Å². The van der Waals surface area contributed by atoms with Crippen molar-refractivity contribution >= 4 is 59.2 Å². The zero-order valence-electron chi connectivity index (χ0n) is 32.9. The molecule has 6 rings (SSSR count). The highest BCUT2D eigenvalue weighted by Crippen LogP contribution is 2.17. The lowest BCUT2D eigenvalue weighted by Crippen LogP contribution is -2.05. The molecule has 6 aromatic carbocycles. The van der Waals surface area contributed by atoms with Gasteiger partial charge in [-0.15, -0.1) is 0 Å². The number of allylic oxidation sites excluding steroid dienone is 3. The molecule has 0 bridgehead atoms. The Morgan fingerprint density at radius 2 is 0.542 bits per heavy atom. The van der Waals surface area contributed by atoms with Gasteiger partial charge in [0.25, 0.3) is 0 Å². The Bertz CT molecular complexity index is 2240. The molecule has 0 aliphatic heterocycles. The number of aldehydes is 1. The van der Waals surface area contributed by atoms with Crippen molar-refractivity contribution < 1.29 is 33.6 Å². The molecule has 0 saturated heterocycles. The molecule has 292 valence electrons. The van der Waals surface area contributed by atoms with E-state index in [9.17, 15) is 33.6 Å². The molecule has 0 unspecified atom stereocenters. The molecule has 0 aromatic heterocycles. The summed E-state index contributed by atoms with van der Waals surface area (Å²) in [5.74, 6) is -1.33. The maximum atomic E-state index is 13.0. The number of hydrogen-bond acceptors (Lipinski definition) is 7. The zero-order valence-corrected chi connectivity index (χ0v) is 32.9. The first-order valence-corrected chi connectivity index (χ1v) is 18.6. The fraction of sp³-hybridized carbons (Fsp3) is 0.0577. The molecule has 59 heavy (non-hydrogen) atoms. The molecule has 7 nitrogen and oxygen atoms in total. The minimum atomic E-state index is -0.290. The number of Topliss-reactive ketones (excluding diaryl/α,β-unsaturated/α-hetero) is 3. The SMILES string of the molecule is CC(=O)c1cc(C(C)=O)cc(C(C)=O)c1.O=C(/C=C/c1ccccc1)c1cc(C(=O)/C=C/c2ccccc2)cc(C(=O)/C=C/c2ccccc2)c1.O=Cc1ccccc1. The van der Waals surface area contributed by atoms with E-state index in [1.807, 2.05) is 109 Å². The van der Waals surface area contributed by atoms with Crippen LogP contribution >= 0.6 is 0 Å². The van der Waals surface area contributed by atoms with Gasteiger partial charge < -0.3 is 0 Å². The molecule has 0 atom stereocenters. The van der Waals surface area contributed by atoms with Crippen LogP contribution in [0.1, 0.15) is 110 Å². The lowest BCUT2D eigenvalue weighted by Gasteiger charge is -2.05. The van der Waals surface area contributed by atoms with Gasteiger partial charge in [0.05, 0.1) is 0 Å². The van der Waals surface area contributed by atoms with E-state index in [2.05, 4.69) is 0 Å². The average Bonchev–Trinajstić information content (AvgIpc) is 3.27. The van der Waals surface area contributed by atoms with E-state index in [-0.39, 0.29) is 51.4 Å². The molecule has 0 heterocycles. The third kappa shape index (κ3) is 14.7. The molecule has 0 radical (unpaired) electrons. The molecular formula is C52H42O7. The van der Waals surface area contributed by atoms with Crippen LogP contribution in [0.2, 0.25) is 0 Å². The van der Waals surface area contributed by atoms with Gasteiger partial charge in [-0.2, -0.15) is 0 Å². The predicted octanol–water partition coefficient (Wildman–Crippen LogP) is 11.2. The average molecular weight is 779 g/mol. The van der Waals surface area contributed by atoms with Crippen molar-refractivity contribution in [3.05, 3.63) is 232 Å². The zero-order chi connectivity index (χ0) is 42.6. The molecule has 0 aliphatic carbocycles. The molecule has 6 aromatic rings. The van der Waals surface area contributed by atoms with E-state index < -0.39 is 0 Å². The Morgan fingerprint density at radius 1 is 0.322 bits per heavy atom. The summed E-state index contributed by atoms with van der Waals surface area (Å²) in [6.45, 7) is 4.22. The Balaban J connectivity index is 0.000000272. The molecule has 7 heteroatoms. The van der Waals surface area contributed by atoms with Crippen LogP contribution in [0.15, 0.2) is 176 Å². The van der Waals surface area contributed by atoms with E-state index in [1.54, 1.807) is 30.4 Å². The van der Waals surface area contributed by atoms with Gasteiger partial charge in [0.1, 0.15) is 6.29 Å². The van der Waals surface area contributed by atoms with E-state index in [0.717, 1.165) is 28.5 Å². The monoisotopic (exact) mass is 778 g/mol. The molecule has 0 fully saturated rings. The first-order chi connectivity index (χ1) is 28.4. The van der Waals surface area contributed by atoms with Crippen LogP contribution in [-0.2, 0) is 0 Å². The first kappa shape index (κ1) is 44.0. The van der Waals surface area contributed by atoms with E-state index in [1.165, 1.54) is 75.4 Å². The van der Waals surface area contributed by atoms with Crippen LogP contribution < -0.4 is 0 Å². The maximum absolute atomic E-state index is 13.0. The molecule has 0 N–H and O–H groups in total. The minimum absolute atomic E-state index is 0.152. The fourth-order valence-corrected chi connectivity index (χ4v) is 5.32. The minimum Gasteiger partial charge on any atom is -0.298 e. The third-order valence-electron chi connectivity index (χ3n) is 8.56. The van der Waals surface area contributed by atoms with Crippen LogP contribution in [0.25, 0.3) is 18.2 Å². The predicted molar refractivity (Wildman–Crippen MR) is 234 cm³/mol. The summed E-state index contributed by atoms with van der Waals surface area (Å²) in [6, 6.07) is 46.6. The van der Waals surface area contributed by atoms with Crippen molar-refractivity contribution in [1.82, 2.24) is 0 Å². The molecule has 0 amide bonds. The second kappa shape index (κ2) is 22.7. The Hall–Kier alpha value is -7.77. The van der Waals surface area contributed by atoms with E-state index in [4.69, 9.17) is 0 Å². The van der Waals surface area contributed by atoms with Crippen LogP contribution in [-0.4, -0.2) is 41.0 Å². The summed E-state index contributed by atoms with van der Waals surface area (Å²) in [7, 11) is 0. The highest BCUT2D eigenvalue weighted by atomic mass is 16.1. The van der Waals surface area contributed by atoms with Gasteiger partial charge in [0, 0.05) is 38.9 Å². The number of benzene rings is 6. The fourth-order valence-electron chi connectivity index (χ4n) is 5.32. The summed E-state index contributed by atoms with van der Waals surface area (Å²) in [5, 5.41) is 0. The number of ketones is 6. The normalized spacial score (nSPS) is 10.6. The van der Waals surface area contributed by atoms with Gasteiger partial charge in [-0.3, -0.25) is 33.6 Å². The van der Waals surface area contributed by atoms with Crippen LogP contribution in [0.4, 0.5) is 0 Å². The third-order valence-corrected chi connectivity index (χ3v) is 8.56. The van der Waals surface area contributed by atoms with Gasteiger partial charge in [0.2, 0.25) is 0 Å².